The molecule has 0 saturated heterocycles. The van der Waals surface area contributed by atoms with Gasteiger partial charge in [-0.2, -0.15) is 5.10 Å². The van der Waals surface area contributed by atoms with Crippen molar-refractivity contribution < 1.29 is 14.3 Å². The molecule has 0 unspecified atom stereocenters. The Morgan fingerprint density at radius 2 is 1.77 bits per heavy atom. The topological polar surface area (TPSA) is 75.4 Å². The highest BCUT2D eigenvalue weighted by Crippen LogP contribution is 2.36. The molecule has 4 aromatic rings. The van der Waals surface area contributed by atoms with Crippen molar-refractivity contribution in [2.24, 2.45) is 12.5 Å². The lowest BCUT2D eigenvalue weighted by atomic mass is 9.91. The van der Waals surface area contributed by atoms with Crippen molar-refractivity contribution in [1.29, 1.82) is 0 Å². The highest BCUT2D eigenvalue weighted by molar-refractivity contribution is 9.10. The molecule has 7 nitrogen and oxygen atoms in total. The Hall–Kier alpha value is -3.14. The number of carbonyl (C=O) groups is 1. The van der Waals surface area contributed by atoms with Gasteiger partial charge < -0.3 is 9.47 Å². The number of methoxy groups -OCH3 is 2. The van der Waals surface area contributed by atoms with Crippen LogP contribution in [0, 0.1) is 5.41 Å². The van der Waals surface area contributed by atoms with Crippen molar-refractivity contribution in [3.8, 4) is 22.6 Å². The number of hydrogen-bond acceptors (Lipinski definition) is 6. The summed E-state index contributed by atoms with van der Waals surface area (Å²) in [5, 5.41) is 4.87. The highest BCUT2D eigenvalue weighted by atomic mass is 79.9. The van der Waals surface area contributed by atoms with Gasteiger partial charge in [0.05, 0.1) is 35.5 Å². The molecular weight excluding hydrogens is 602 g/mol. The van der Waals surface area contributed by atoms with Gasteiger partial charge in [-0.1, -0.05) is 62.7 Å². The molecule has 0 spiro atoms. The minimum absolute atomic E-state index is 0.0849. The van der Waals surface area contributed by atoms with Crippen molar-refractivity contribution in [2.45, 2.75) is 27.3 Å². The second kappa shape index (κ2) is 11.5. The highest BCUT2D eigenvalue weighted by Gasteiger charge is 2.21. The average molecular weight is 631 g/mol. The quantitative estimate of drug-likeness (QED) is 0.287. The Morgan fingerprint density at radius 1 is 1.13 bits per heavy atom. The Bertz CT molecular complexity index is 1720. The normalized spacial score (nSPS) is 12.7. The molecule has 204 valence electrons. The number of nitrogens with zero attached hydrogens (tertiary/aromatic N) is 3. The van der Waals surface area contributed by atoms with Crippen LogP contribution in [-0.4, -0.2) is 34.4 Å². The maximum absolute atomic E-state index is 13.8. The fourth-order valence-electron chi connectivity index (χ4n) is 3.93. The van der Waals surface area contributed by atoms with Crippen LogP contribution in [0.25, 0.3) is 23.3 Å². The van der Waals surface area contributed by atoms with Gasteiger partial charge >= 0.3 is 0 Å². The first-order valence-corrected chi connectivity index (χ1v) is 14.1. The monoisotopic (exact) mass is 629 g/mol. The van der Waals surface area contributed by atoms with Gasteiger partial charge in [-0.3, -0.25) is 18.8 Å². The summed E-state index contributed by atoms with van der Waals surface area (Å²) in [4.78, 5) is 26.8. The van der Waals surface area contributed by atoms with Crippen LogP contribution >= 0.6 is 38.9 Å². The molecular formula is C29H29BrClN3O4S. The number of rotatable bonds is 7. The summed E-state index contributed by atoms with van der Waals surface area (Å²) in [7, 11) is 4.89. The number of aryl methyl sites for hydroxylation is 1. The second-order valence-electron chi connectivity index (χ2n) is 9.93. The van der Waals surface area contributed by atoms with E-state index < -0.39 is 5.41 Å². The van der Waals surface area contributed by atoms with Crippen LogP contribution in [0.5, 0.6) is 11.5 Å². The van der Waals surface area contributed by atoms with Gasteiger partial charge in [0.25, 0.3) is 5.56 Å². The van der Waals surface area contributed by atoms with E-state index in [1.807, 2.05) is 69.3 Å². The zero-order valence-electron chi connectivity index (χ0n) is 22.5. The molecule has 39 heavy (non-hydrogen) atoms. The smallest absolute Gasteiger partial charge is 0.269 e. The number of Topliss-reactive ketones (excluding diaryl/α,β-unsaturated/α-hetero) is 1. The molecule has 10 heteroatoms. The number of ether oxygens (including phenoxy) is 2. The third-order valence-corrected chi connectivity index (χ3v) is 8.71. The lowest BCUT2D eigenvalue weighted by Gasteiger charge is -2.13. The van der Waals surface area contributed by atoms with Crippen LogP contribution in [0.2, 0.25) is 5.15 Å². The molecule has 4 rings (SSSR count). The van der Waals surface area contributed by atoms with Crippen LogP contribution in [0.15, 0.2) is 51.7 Å². The predicted octanol–water partition coefficient (Wildman–Crippen LogP) is 5.02. The molecule has 0 bridgehead atoms. The summed E-state index contributed by atoms with van der Waals surface area (Å²) < 4.78 is 15.8. The lowest BCUT2D eigenvalue weighted by molar-refractivity contribution is -0.120. The zero-order valence-corrected chi connectivity index (χ0v) is 25.7. The summed E-state index contributed by atoms with van der Waals surface area (Å²) in [6, 6.07) is 13.6. The van der Waals surface area contributed by atoms with Crippen LogP contribution in [-0.2, 0) is 18.4 Å². The largest absolute Gasteiger partial charge is 0.493 e. The standard InChI is InChI=1S/C29H29BrClN3O4S/c1-29(2,3)24(35)15-25-34(16-20-26(30)27(31)33(4)32-20)28(36)23(39-25)13-18-12-21(37-5)22(38-6)14-19(18)17-10-8-7-9-11-17/h7-15H,16H2,1-6H3/b23-13-,25-15-. The molecule has 2 heterocycles. The Kier molecular flexibility index (Phi) is 8.54. The molecule has 0 fully saturated rings. The molecule has 0 atom stereocenters. The number of halogens is 2. The van der Waals surface area contributed by atoms with Crippen LogP contribution in [0.1, 0.15) is 32.0 Å². The van der Waals surface area contributed by atoms with Gasteiger partial charge in [-0.15, -0.1) is 11.3 Å². The van der Waals surface area contributed by atoms with Gasteiger partial charge in [0.15, 0.2) is 17.3 Å². The van der Waals surface area contributed by atoms with E-state index in [-0.39, 0.29) is 17.9 Å². The molecule has 2 aromatic carbocycles. The van der Waals surface area contributed by atoms with E-state index in [9.17, 15) is 9.59 Å². The van der Waals surface area contributed by atoms with E-state index in [0.717, 1.165) is 16.7 Å². The maximum atomic E-state index is 13.8. The van der Waals surface area contributed by atoms with Crippen molar-refractivity contribution in [1.82, 2.24) is 14.3 Å². The van der Waals surface area contributed by atoms with Gasteiger partial charge in [0, 0.05) is 18.5 Å². The van der Waals surface area contributed by atoms with Crippen molar-refractivity contribution in [2.75, 3.05) is 14.2 Å². The second-order valence-corrected chi connectivity index (χ2v) is 12.1. The molecule has 2 aromatic heterocycles. The van der Waals surface area contributed by atoms with Gasteiger partial charge in [-0.25, -0.2) is 0 Å². The van der Waals surface area contributed by atoms with E-state index in [1.165, 1.54) is 22.1 Å². The SMILES string of the molecule is COc1cc(/C=c2\s/c(=C\C(=O)C(C)(C)C)n(Cc3nn(C)c(Cl)c3Br)c2=O)c(-c2ccccc2)cc1OC. The third-order valence-electron chi connectivity index (χ3n) is 6.15. The number of carbonyl (C=O) groups excluding carboxylic acids is 1. The molecule has 0 radical (unpaired) electrons. The fourth-order valence-corrected chi connectivity index (χ4v) is 5.57. The summed E-state index contributed by atoms with van der Waals surface area (Å²) in [6.45, 7) is 5.68. The van der Waals surface area contributed by atoms with Gasteiger partial charge in [0.2, 0.25) is 0 Å². The maximum Gasteiger partial charge on any atom is 0.269 e. The first-order valence-electron chi connectivity index (χ1n) is 12.1. The van der Waals surface area contributed by atoms with E-state index in [4.69, 9.17) is 21.1 Å². The molecule has 0 amide bonds. The first-order chi connectivity index (χ1) is 18.4. The predicted molar refractivity (Wildman–Crippen MR) is 160 cm³/mol. The number of benzene rings is 2. The minimum Gasteiger partial charge on any atom is -0.493 e. The van der Waals surface area contributed by atoms with Gasteiger partial charge in [-0.05, 0) is 50.8 Å². The first kappa shape index (κ1) is 28.9. The molecule has 0 aliphatic rings. The van der Waals surface area contributed by atoms with Crippen molar-refractivity contribution in [3.05, 3.63) is 82.9 Å². The number of hydrogen-bond donors (Lipinski definition) is 0. The zero-order chi connectivity index (χ0) is 28.5. The van der Waals surface area contributed by atoms with E-state index in [1.54, 1.807) is 25.8 Å². The summed E-state index contributed by atoms with van der Waals surface area (Å²) in [6.07, 6.45) is 3.36. The van der Waals surface area contributed by atoms with E-state index >= 15 is 0 Å². The van der Waals surface area contributed by atoms with Crippen LogP contribution in [0.3, 0.4) is 0 Å². The average Bonchev–Trinajstić information content (AvgIpc) is 3.33. The molecule has 0 N–H and O–H groups in total. The van der Waals surface area contributed by atoms with E-state index in [0.29, 0.717) is 36.0 Å². The molecule has 0 aliphatic carbocycles. The van der Waals surface area contributed by atoms with E-state index in [2.05, 4.69) is 21.0 Å². The van der Waals surface area contributed by atoms with Crippen molar-refractivity contribution >= 4 is 56.8 Å². The number of aromatic nitrogens is 3. The Balaban J connectivity index is 1.99. The number of ketones is 1. The third kappa shape index (κ3) is 6.05. The summed E-state index contributed by atoms with van der Waals surface area (Å²) in [5.41, 5.74) is 2.36. The van der Waals surface area contributed by atoms with Crippen LogP contribution < -0.4 is 24.2 Å². The van der Waals surface area contributed by atoms with Crippen molar-refractivity contribution in [3.63, 3.8) is 0 Å². The molecule has 0 aliphatic heterocycles. The minimum atomic E-state index is -0.604. The molecule has 0 saturated carbocycles. The summed E-state index contributed by atoms with van der Waals surface area (Å²) >= 11 is 11.0. The van der Waals surface area contributed by atoms with Gasteiger partial charge in [0.1, 0.15) is 9.82 Å². The Morgan fingerprint density at radius 3 is 2.33 bits per heavy atom. The fraction of sp³-hybridized carbons (Fsp3) is 0.276. The summed E-state index contributed by atoms with van der Waals surface area (Å²) in [5.74, 6) is 1.04. The Labute approximate surface area is 244 Å². The number of thiazole rings is 1. The van der Waals surface area contributed by atoms with Crippen LogP contribution in [0.4, 0.5) is 0 Å². The lowest BCUT2D eigenvalue weighted by Crippen LogP contribution is -2.33.